The van der Waals surface area contributed by atoms with E-state index in [4.69, 9.17) is 14.2 Å². The predicted octanol–water partition coefficient (Wildman–Crippen LogP) is 1.17. The van der Waals surface area contributed by atoms with Crippen LogP contribution in [0.2, 0.25) is 0 Å². The number of hydrogen-bond acceptors (Lipinski definition) is 3. The van der Waals surface area contributed by atoms with Gasteiger partial charge in [0.1, 0.15) is 0 Å². The maximum absolute atomic E-state index is 5.47. The summed E-state index contributed by atoms with van der Waals surface area (Å²) in [5, 5.41) is 0. The molecule has 11 heavy (non-hydrogen) atoms. The summed E-state index contributed by atoms with van der Waals surface area (Å²) in [4.78, 5) is 0. The second kappa shape index (κ2) is 4.70. The average molecular weight is 160 g/mol. The molecule has 0 aromatic carbocycles. The summed E-state index contributed by atoms with van der Waals surface area (Å²) >= 11 is 0. The topological polar surface area (TPSA) is 27.7 Å². The minimum absolute atomic E-state index is 0.0579. The molecule has 0 bridgehead atoms. The standard InChI is InChI=1S/C8H16O3/c1-7(2)11-8-3-4-9-5-6-10-8/h7-8H,3-6H2,1-2H3. The second-order valence-corrected chi connectivity index (χ2v) is 2.89. The molecule has 3 nitrogen and oxygen atoms in total. The summed E-state index contributed by atoms with van der Waals surface area (Å²) in [7, 11) is 0. The van der Waals surface area contributed by atoms with Gasteiger partial charge in [-0.15, -0.1) is 0 Å². The van der Waals surface area contributed by atoms with Crippen LogP contribution in [-0.2, 0) is 14.2 Å². The molecule has 1 rings (SSSR count). The molecule has 66 valence electrons. The van der Waals surface area contributed by atoms with Gasteiger partial charge >= 0.3 is 0 Å². The van der Waals surface area contributed by atoms with E-state index < -0.39 is 0 Å². The first-order chi connectivity index (χ1) is 5.29. The summed E-state index contributed by atoms with van der Waals surface area (Å²) in [5.74, 6) is 0. The van der Waals surface area contributed by atoms with E-state index in [0.717, 1.165) is 13.0 Å². The van der Waals surface area contributed by atoms with E-state index in [2.05, 4.69) is 0 Å². The molecule has 0 radical (unpaired) electrons. The van der Waals surface area contributed by atoms with Gasteiger partial charge < -0.3 is 14.2 Å². The fourth-order valence-electron chi connectivity index (χ4n) is 1.01. The molecule has 1 saturated heterocycles. The van der Waals surface area contributed by atoms with E-state index in [1.807, 2.05) is 13.8 Å². The van der Waals surface area contributed by atoms with Crippen molar-refractivity contribution in [2.24, 2.45) is 0 Å². The lowest BCUT2D eigenvalue weighted by atomic mass is 10.4. The van der Waals surface area contributed by atoms with E-state index in [1.165, 1.54) is 0 Å². The second-order valence-electron chi connectivity index (χ2n) is 2.89. The molecule has 1 atom stereocenters. The number of rotatable bonds is 2. The normalized spacial score (nSPS) is 27.0. The highest BCUT2D eigenvalue weighted by Gasteiger charge is 2.13. The van der Waals surface area contributed by atoms with Crippen LogP contribution in [0.4, 0.5) is 0 Å². The third kappa shape index (κ3) is 3.70. The van der Waals surface area contributed by atoms with Gasteiger partial charge in [0.25, 0.3) is 0 Å². The van der Waals surface area contributed by atoms with Crippen LogP contribution in [0.25, 0.3) is 0 Å². The van der Waals surface area contributed by atoms with Gasteiger partial charge in [0.15, 0.2) is 6.29 Å². The highest BCUT2D eigenvalue weighted by atomic mass is 16.7. The van der Waals surface area contributed by atoms with Crippen molar-refractivity contribution in [3.05, 3.63) is 0 Å². The van der Waals surface area contributed by atoms with Gasteiger partial charge in [-0.05, 0) is 13.8 Å². The molecule has 0 aromatic heterocycles. The molecule has 1 heterocycles. The summed E-state index contributed by atoms with van der Waals surface area (Å²) in [6, 6.07) is 0. The molecule has 1 unspecified atom stereocenters. The maximum Gasteiger partial charge on any atom is 0.160 e. The lowest BCUT2D eigenvalue weighted by molar-refractivity contribution is -0.158. The SMILES string of the molecule is CC(C)OC1CCOCCO1. The third-order valence-electron chi connectivity index (χ3n) is 1.45. The first-order valence-electron chi connectivity index (χ1n) is 4.14. The molecule has 0 spiro atoms. The highest BCUT2D eigenvalue weighted by Crippen LogP contribution is 2.07. The molecular formula is C8H16O3. The molecule has 0 N–H and O–H groups in total. The summed E-state index contributed by atoms with van der Waals surface area (Å²) in [5.41, 5.74) is 0. The Labute approximate surface area is 67.6 Å². The fraction of sp³-hybridized carbons (Fsp3) is 1.00. The predicted molar refractivity (Wildman–Crippen MR) is 41.4 cm³/mol. The van der Waals surface area contributed by atoms with Gasteiger partial charge in [0, 0.05) is 6.42 Å². The van der Waals surface area contributed by atoms with Crippen molar-refractivity contribution in [3.8, 4) is 0 Å². The summed E-state index contributed by atoms with van der Waals surface area (Å²) in [6.45, 7) is 6.11. The summed E-state index contributed by atoms with van der Waals surface area (Å²) in [6.07, 6.45) is 1.02. The Morgan fingerprint density at radius 3 is 2.82 bits per heavy atom. The molecule has 0 saturated carbocycles. The van der Waals surface area contributed by atoms with Crippen LogP contribution in [0, 0.1) is 0 Å². The van der Waals surface area contributed by atoms with Crippen LogP contribution in [0.5, 0.6) is 0 Å². The highest BCUT2D eigenvalue weighted by molar-refractivity contribution is 4.51. The van der Waals surface area contributed by atoms with Crippen LogP contribution < -0.4 is 0 Å². The van der Waals surface area contributed by atoms with E-state index in [0.29, 0.717) is 13.2 Å². The largest absolute Gasteiger partial charge is 0.379 e. The fourth-order valence-corrected chi connectivity index (χ4v) is 1.01. The van der Waals surface area contributed by atoms with Crippen molar-refractivity contribution < 1.29 is 14.2 Å². The Balaban J connectivity index is 2.20. The van der Waals surface area contributed by atoms with Gasteiger partial charge in [0.05, 0.1) is 25.9 Å². The quantitative estimate of drug-likeness (QED) is 0.607. The van der Waals surface area contributed by atoms with E-state index >= 15 is 0 Å². The summed E-state index contributed by atoms with van der Waals surface area (Å²) < 4.78 is 16.0. The van der Waals surface area contributed by atoms with E-state index in [9.17, 15) is 0 Å². The van der Waals surface area contributed by atoms with Crippen LogP contribution >= 0.6 is 0 Å². The Kier molecular flexibility index (Phi) is 3.83. The van der Waals surface area contributed by atoms with Crippen LogP contribution in [0.1, 0.15) is 20.3 Å². The molecule has 1 fully saturated rings. The average Bonchev–Trinajstić information content (AvgIpc) is 2.14. The molecule has 1 aliphatic heterocycles. The lowest BCUT2D eigenvalue weighted by Gasteiger charge is -2.17. The maximum atomic E-state index is 5.47. The lowest BCUT2D eigenvalue weighted by Crippen LogP contribution is -2.21. The van der Waals surface area contributed by atoms with Crippen molar-refractivity contribution in [3.63, 3.8) is 0 Å². The van der Waals surface area contributed by atoms with Crippen molar-refractivity contribution >= 4 is 0 Å². The molecule has 0 aromatic rings. The van der Waals surface area contributed by atoms with Gasteiger partial charge in [-0.3, -0.25) is 0 Å². The first kappa shape index (κ1) is 8.97. The molecule has 1 aliphatic rings. The van der Waals surface area contributed by atoms with Crippen LogP contribution in [0.15, 0.2) is 0 Å². The first-order valence-corrected chi connectivity index (χ1v) is 4.14. The van der Waals surface area contributed by atoms with E-state index in [-0.39, 0.29) is 12.4 Å². The van der Waals surface area contributed by atoms with Crippen molar-refractivity contribution in [1.29, 1.82) is 0 Å². The minimum atomic E-state index is -0.0579. The number of ether oxygens (including phenoxy) is 3. The number of hydrogen-bond donors (Lipinski definition) is 0. The molecule has 0 aliphatic carbocycles. The Hall–Kier alpha value is -0.120. The van der Waals surface area contributed by atoms with Crippen molar-refractivity contribution in [1.82, 2.24) is 0 Å². The smallest absolute Gasteiger partial charge is 0.160 e. The van der Waals surface area contributed by atoms with Crippen molar-refractivity contribution in [2.45, 2.75) is 32.7 Å². The van der Waals surface area contributed by atoms with Gasteiger partial charge in [-0.2, -0.15) is 0 Å². The minimum Gasteiger partial charge on any atom is -0.379 e. The van der Waals surface area contributed by atoms with Crippen molar-refractivity contribution in [2.75, 3.05) is 19.8 Å². The zero-order valence-corrected chi connectivity index (χ0v) is 7.21. The Morgan fingerprint density at radius 1 is 1.27 bits per heavy atom. The van der Waals surface area contributed by atoms with Gasteiger partial charge in [-0.25, -0.2) is 0 Å². The van der Waals surface area contributed by atoms with Gasteiger partial charge in [-0.1, -0.05) is 0 Å². The monoisotopic (exact) mass is 160 g/mol. The van der Waals surface area contributed by atoms with Gasteiger partial charge in [0.2, 0.25) is 0 Å². The van der Waals surface area contributed by atoms with Crippen LogP contribution in [-0.4, -0.2) is 32.2 Å². The molecular weight excluding hydrogens is 144 g/mol. The van der Waals surface area contributed by atoms with Crippen LogP contribution in [0.3, 0.4) is 0 Å². The molecule has 3 heteroatoms. The zero-order valence-electron chi connectivity index (χ0n) is 7.21. The zero-order chi connectivity index (χ0) is 8.10. The van der Waals surface area contributed by atoms with E-state index in [1.54, 1.807) is 0 Å². The molecule has 0 amide bonds. The Bertz CT molecular complexity index is 95.5. The Morgan fingerprint density at radius 2 is 2.09 bits per heavy atom. The third-order valence-corrected chi connectivity index (χ3v) is 1.45.